The van der Waals surface area contributed by atoms with E-state index in [4.69, 9.17) is 10.5 Å². The molecule has 1 heterocycles. The number of carbonyl (C=O) groups is 4. The Kier molecular flexibility index (Phi) is 3.65. The number of nitrogens with zero attached hydrogens (tertiary/aromatic N) is 1. The lowest BCUT2D eigenvalue weighted by Gasteiger charge is -2.12. The molecule has 0 unspecified atom stereocenters. The average molecular weight is 278 g/mol. The van der Waals surface area contributed by atoms with E-state index in [1.54, 1.807) is 0 Å². The molecule has 0 bridgehead atoms. The first kappa shape index (κ1) is 13.5. The summed E-state index contributed by atoms with van der Waals surface area (Å²) < 4.78 is 4.75. The van der Waals surface area contributed by atoms with Crippen LogP contribution in [0.1, 0.15) is 23.2 Å². The summed E-state index contributed by atoms with van der Waals surface area (Å²) >= 11 is 0. The van der Waals surface area contributed by atoms with Crippen LogP contribution in [-0.4, -0.2) is 28.9 Å². The number of hydrogen-bond acceptors (Lipinski definition) is 6. The number of benzene rings is 1. The fourth-order valence-electron chi connectivity index (χ4n) is 1.56. The highest BCUT2D eigenvalue weighted by atomic mass is 16.8. The van der Waals surface area contributed by atoms with E-state index in [1.165, 1.54) is 24.3 Å². The summed E-state index contributed by atoms with van der Waals surface area (Å²) in [5, 5.41) is 0.361. The lowest BCUT2D eigenvalue weighted by atomic mass is 10.2. The van der Waals surface area contributed by atoms with Gasteiger partial charge in [0.1, 0.15) is 5.75 Å². The van der Waals surface area contributed by atoms with Gasteiger partial charge in [0.2, 0.25) is 5.91 Å². The Morgan fingerprint density at radius 1 is 1.15 bits per heavy atom. The molecule has 0 radical (unpaired) electrons. The molecule has 104 valence electrons. The van der Waals surface area contributed by atoms with Crippen molar-refractivity contribution in [3.05, 3.63) is 29.8 Å². The highest BCUT2D eigenvalue weighted by molar-refractivity contribution is 6.01. The van der Waals surface area contributed by atoms with Crippen LogP contribution in [0.2, 0.25) is 0 Å². The van der Waals surface area contributed by atoms with Crippen molar-refractivity contribution < 1.29 is 28.8 Å². The van der Waals surface area contributed by atoms with Gasteiger partial charge in [-0.15, -0.1) is 0 Å². The number of imide groups is 1. The van der Waals surface area contributed by atoms with Crippen LogP contribution in [0.25, 0.3) is 0 Å². The van der Waals surface area contributed by atoms with Crippen LogP contribution in [0.15, 0.2) is 24.3 Å². The van der Waals surface area contributed by atoms with Crippen molar-refractivity contribution in [3.63, 3.8) is 0 Å². The number of amides is 3. The first-order valence-corrected chi connectivity index (χ1v) is 5.63. The van der Waals surface area contributed by atoms with Gasteiger partial charge in [0.25, 0.3) is 11.8 Å². The lowest BCUT2D eigenvalue weighted by Crippen LogP contribution is -2.33. The van der Waals surface area contributed by atoms with E-state index in [0.717, 1.165) is 0 Å². The highest BCUT2D eigenvalue weighted by Crippen LogP contribution is 2.16. The lowest BCUT2D eigenvalue weighted by molar-refractivity contribution is -0.174. The van der Waals surface area contributed by atoms with Crippen LogP contribution < -0.4 is 10.5 Å². The number of ether oxygens (including phenoxy) is 1. The Morgan fingerprint density at radius 3 is 2.40 bits per heavy atom. The number of hydrogen-bond donors (Lipinski definition) is 1. The third-order valence-electron chi connectivity index (χ3n) is 2.49. The summed E-state index contributed by atoms with van der Waals surface area (Å²) in [4.78, 5) is 49.3. The van der Waals surface area contributed by atoms with Gasteiger partial charge in [-0.1, -0.05) is 11.1 Å². The minimum Gasteiger partial charge on any atom is -0.393 e. The van der Waals surface area contributed by atoms with E-state index in [0.29, 0.717) is 5.06 Å². The standard InChI is InChI=1S/C12H10N2O6/c13-11(17)7-2-1-3-8(6-7)19-12(18)20-14-9(15)4-5-10(14)16/h1-3,6H,4-5H2,(H2,13,17). The molecular weight excluding hydrogens is 268 g/mol. The first-order valence-electron chi connectivity index (χ1n) is 5.63. The first-order chi connectivity index (χ1) is 9.47. The van der Waals surface area contributed by atoms with Crippen molar-refractivity contribution in [3.8, 4) is 5.75 Å². The predicted octanol–water partition coefficient (Wildman–Crippen LogP) is 0.365. The van der Waals surface area contributed by atoms with Crippen LogP contribution >= 0.6 is 0 Å². The average Bonchev–Trinajstić information content (AvgIpc) is 2.71. The van der Waals surface area contributed by atoms with Crippen molar-refractivity contribution in [1.29, 1.82) is 0 Å². The van der Waals surface area contributed by atoms with Gasteiger partial charge in [0, 0.05) is 18.4 Å². The minimum atomic E-state index is -1.25. The number of carbonyl (C=O) groups excluding carboxylic acids is 4. The molecule has 2 N–H and O–H groups in total. The summed E-state index contributed by atoms with van der Waals surface area (Å²) in [6.07, 6.45) is -1.28. The summed E-state index contributed by atoms with van der Waals surface area (Å²) in [5.41, 5.74) is 5.22. The second kappa shape index (κ2) is 5.39. The molecule has 0 spiro atoms. The van der Waals surface area contributed by atoms with Gasteiger partial charge in [0.05, 0.1) is 0 Å². The second-order valence-electron chi connectivity index (χ2n) is 3.92. The van der Waals surface area contributed by atoms with E-state index in [2.05, 4.69) is 4.84 Å². The maximum atomic E-state index is 11.4. The smallest absolute Gasteiger partial charge is 0.393 e. The Hall–Kier alpha value is -2.90. The molecule has 8 nitrogen and oxygen atoms in total. The van der Waals surface area contributed by atoms with Crippen molar-refractivity contribution in [2.75, 3.05) is 0 Å². The Balaban J connectivity index is 2.01. The minimum absolute atomic E-state index is 0.00500. The van der Waals surface area contributed by atoms with Crippen molar-refractivity contribution in [2.24, 2.45) is 5.73 Å². The third-order valence-corrected chi connectivity index (χ3v) is 2.49. The van der Waals surface area contributed by atoms with E-state index < -0.39 is 23.9 Å². The molecule has 1 aromatic rings. The molecule has 1 saturated heterocycles. The molecular formula is C12H10N2O6. The summed E-state index contributed by atoms with van der Waals surface area (Å²) in [5.74, 6) is -1.91. The van der Waals surface area contributed by atoms with Crippen molar-refractivity contribution in [2.45, 2.75) is 12.8 Å². The van der Waals surface area contributed by atoms with Crippen molar-refractivity contribution >= 4 is 23.9 Å². The maximum Gasteiger partial charge on any atom is 0.539 e. The van der Waals surface area contributed by atoms with E-state index in [1.807, 2.05) is 0 Å². The SMILES string of the molecule is NC(=O)c1cccc(OC(=O)ON2C(=O)CCC2=O)c1. The second-order valence-corrected chi connectivity index (χ2v) is 3.92. The summed E-state index contributed by atoms with van der Waals surface area (Å²) in [6, 6.07) is 5.52. The van der Waals surface area contributed by atoms with Crippen molar-refractivity contribution in [1.82, 2.24) is 5.06 Å². The van der Waals surface area contributed by atoms with Gasteiger partial charge in [-0.2, -0.15) is 0 Å². The zero-order valence-corrected chi connectivity index (χ0v) is 10.2. The van der Waals surface area contributed by atoms with Gasteiger partial charge in [-0.05, 0) is 18.2 Å². The number of rotatable bonds is 3. The maximum absolute atomic E-state index is 11.4. The van der Waals surface area contributed by atoms with Crippen LogP contribution in [0.3, 0.4) is 0 Å². The predicted molar refractivity (Wildman–Crippen MR) is 63.2 cm³/mol. The molecule has 1 aliphatic rings. The monoisotopic (exact) mass is 278 g/mol. The van der Waals surface area contributed by atoms with Gasteiger partial charge in [-0.25, -0.2) is 4.79 Å². The summed E-state index contributed by atoms with van der Waals surface area (Å²) in [6.45, 7) is 0. The zero-order chi connectivity index (χ0) is 14.7. The zero-order valence-electron chi connectivity index (χ0n) is 10.2. The number of primary amides is 1. The fourth-order valence-corrected chi connectivity index (χ4v) is 1.56. The van der Waals surface area contributed by atoms with Gasteiger partial charge < -0.3 is 10.5 Å². The fraction of sp³-hybridized carbons (Fsp3) is 0.167. The quantitative estimate of drug-likeness (QED) is 0.485. The van der Waals surface area contributed by atoms with Gasteiger partial charge in [-0.3, -0.25) is 19.2 Å². The Bertz CT molecular complexity index is 581. The molecule has 3 amide bonds. The van der Waals surface area contributed by atoms with E-state index >= 15 is 0 Å². The summed E-state index contributed by atoms with van der Waals surface area (Å²) in [7, 11) is 0. The van der Waals surface area contributed by atoms with E-state index in [-0.39, 0.29) is 24.2 Å². The van der Waals surface area contributed by atoms with Gasteiger partial charge in [0.15, 0.2) is 0 Å². The Labute approximate surface area is 113 Å². The molecule has 2 rings (SSSR count). The van der Waals surface area contributed by atoms with Crippen LogP contribution in [0.5, 0.6) is 5.75 Å². The normalized spacial score (nSPS) is 14.3. The molecule has 1 aromatic carbocycles. The van der Waals surface area contributed by atoms with Gasteiger partial charge >= 0.3 is 6.16 Å². The van der Waals surface area contributed by atoms with Crippen LogP contribution in [-0.2, 0) is 14.4 Å². The molecule has 0 saturated carbocycles. The largest absolute Gasteiger partial charge is 0.539 e. The molecule has 0 aromatic heterocycles. The van der Waals surface area contributed by atoms with E-state index in [9.17, 15) is 19.2 Å². The molecule has 0 aliphatic carbocycles. The number of nitrogens with two attached hydrogens (primary N) is 1. The molecule has 1 fully saturated rings. The van der Waals surface area contributed by atoms with Crippen LogP contribution in [0.4, 0.5) is 4.79 Å². The topological polar surface area (TPSA) is 116 Å². The molecule has 0 atom stereocenters. The molecule has 8 heteroatoms. The van der Waals surface area contributed by atoms with Crippen LogP contribution in [0, 0.1) is 0 Å². The molecule has 1 aliphatic heterocycles. The third kappa shape index (κ3) is 2.91. The Morgan fingerprint density at radius 2 is 1.80 bits per heavy atom. The molecule has 20 heavy (non-hydrogen) atoms. The number of hydroxylamine groups is 2. The highest BCUT2D eigenvalue weighted by Gasteiger charge is 2.33.